The summed E-state index contributed by atoms with van der Waals surface area (Å²) in [7, 11) is 5.22. The second kappa shape index (κ2) is 8.41. The van der Waals surface area contributed by atoms with Gasteiger partial charge in [-0.05, 0) is 46.9 Å². The lowest BCUT2D eigenvalue weighted by Gasteiger charge is -2.18. The monoisotopic (exact) mass is 358 g/mol. The van der Waals surface area contributed by atoms with E-state index in [0.29, 0.717) is 19.1 Å². The summed E-state index contributed by atoms with van der Waals surface area (Å²) in [6.07, 6.45) is 0. The van der Waals surface area contributed by atoms with Gasteiger partial charge in [-0.1, -0.05) is 6.07 Å². The average Bonchev–Trinajstić information content (AvgIpc) is 2.89. The molecule has 0 saturated carbocycles. The molecule has 0 fully saturated rings. The van der Waals surface area contributed by atoms with E-state index in [0.717, 1.165) is 34.0 Å². The van der Waals surface area contributed by atoms with Gasteiger partial charge in [0.1, 0.15) is 11.5 Å². The summed E-state index contributed by atoms with van der Waals surface area (Å²) in [6, 6.07) is 8.09. The summed E-state index contributed by atoms with van der Waals surface area (Å²) in [4.78, 5) is 14.8. The fraction of sp³-hybridized carbons (Fsp3) is 0.476. The SMILES string of the molecule is COc1ccc(CN(C)CC(=O)c2cc(C)n(C(C)C)c2C)c(OC)c1. The largest absolute Gasteiger partial charge is 0.497 e. The zero-order valence-electron chi connectivity index (χ0n) is 16.9. The van der Waals surface area contributed by atoms with Crippen LogP contribution in [-0.2, 0) is 6.54 Å². The molecule has 0 radical (unpaired) electrons. The van der Waals surface area contributed by atoms with E-state index in [-0.39, 0.29) is 5.78 Å². The van der Waals surface area contributed by atoms with Gasteiger partial charge in [0.15, 0.2) is 5.78 Å². The highest BCUT2D eigenvalue weighted by Crippen LogP contribution is 2.26. The van der Waals surface area contributed by atoms with Crippen molar-refractivity contribution in [1.82, 2.24) is 9.47 Å². The smallest absolute Gasteiger partial charge is 0.178 e. The van der Waals surface area contributed by atoms with E-state index in [2.05, 4.69) is 25.3 Å². The molecule has 1 aromatic heterocycles. The molecule has 1 aromatic carbocycles. The minimum absolute atomic E-state index is 0.139. The molecule has 0 bridgehead atoms. The predicted molar refractivity (Wildman–Crippen MR) is 105 cm³/mol. The third kappa shape index (κ3) is 4.28. The first-order chi connectivity index (χ1) is 12.3. The van der Waals surface area contributed by atoms with Gasteiger partial charge in [0.25, 0.3) is 0 Å². The van der Waals surface area contributed by atoms with Crippen LogP contribution >= 0.6 is 0 Å². The first-order valence-corrected chi connectivity index (χ1v) is 8.89. The maximum Gasteiger partial charge on any atom is 0.178 e. The molecule has 0 unspecified atom stereocenters. The van der Waals surface area contributed by atoms with Gasteiger partial charge < -0.3 is 14.0 Å². The Hall–Kier alpha value is -2.27. The van der Waals surface area contributed by atoms with Gasteiger partial charge in [0.2, 0.25) is 0 Å². The van der Waals surface area contributed by atoms with Gasteiger partial charge in [-0.25, -0.2) is 0 Å². The molecular formula is C21H30N2O3. The Morgan fingerprint density at radius 3 is 2.38 bits per heavy atom. The lowest BCUT2D eigenvalue weighted by molar-refractivity contribution is 0.0941. The number of nitrogens with zero attached hydrogens (tertiary/aromatic N) is 2. The van der Waals surface area contributed by atoms with Gasteiger partial charge in [-0.15, -0.1) is 0 Å². The highest BCUT2D eigenvalue weighted by molar-refractivity contribution is 5.99. The molecule has 0 aliphatic carbocycles. The molecule has 26 heavy (non-hydrogen) atoms. The number of aryl methyl sites for hydroxylation is 1. The molecule has 0 aliphatic rings. The zero-order valence-corrected chi connectivity index (χ0v) is 16.9. The number of carbonyl (C=O) groups is 1. The predicted octanol–water partition coefficient (Wildman–Crippen LogP) is 4.02. The highest BCUT2D eigenvalue weighted by atomic mass is 16.5. The van der Waals surface area contributed by atoms with Crippen LogP contribution in [0.3, 0.4) is 0 Å². The number of aromatic nitrogens is 1. The van der Waals surface area contributed by atoms with Gasteiger partial charge in [-0.2, -0.15) is 0 Å². The Bertz CT molecular complexity index is 778. The molecule has 5 nitrogen and oxygen atoms in total. The van der Waals surface area contributed by atoms with Crippen molar-refractivity contribution in [2.45, 2.75) is 40.3 Å². The standard InChI is InChI=1S/C21H30N2O3/c1-14(2)23-15(3)10-19(16(23)4)20(24)13-22(5)12-17-8-9-18(25-6)11-21(17)26-7/h8-11,14H,12-13H2,1-7H3. The normalized spacial score (nSPS) is 11.3. The maximum atomic E-state index is 12.8. The Labute approximate surface area is 156 Å². The molecule has 142 valence electrons. The Morgan fingerprint density at radius 2 is 1.85 bits per heavy atom. The number of benzene rings is 1. The molecule has 0 amide bonds. The van der Waals surface area contributed by atoms with Crippen LogP contribution in [-0.4, -0.2) is 43.1 Å². The van der Waals surface area contributed by atoms with E-state index in [9.17, 15) is 4.79 Å². The van der Waals surface area contributed by atoms with Crippen LogP contribution in [0.2, 0.25) is 0 Å². The van der Waals surface area contributed by atoms with E-state index in [1.54, 1.807) is 14.2 Å². The third-order valence-electron chi connectivity index (χ3n) is 4.65. The lowest BCUT2D eigenvalue weighted by Crippen LogP contribution is -2.26. The van der Waals surface area contributed by atoms with Crippen LogP contribution in [0.5, 0.6) is 11.5 Å². The van der Waals surface area contributed by atoms with E-state index < -0.39 is 0 Å². The van der Waals surface area contributed by atoms with Crippen molar-refractivity contribution in [3.63, 3.8) is 0 Å². The van der Waals surface area contributed by atoms with E-state index in [4.69, 9.17) is 9.47 Å². The van der Waals surface area contributed by atoms with Crippen molar-refractivity contribution >= 4 is 5.78 Å². The van der Waals surface area contributed by atoms with E-state index in [1.807, 2.05) is 43.1 Å². The van der Waals surface area contributed by atoms with Gasteiger partial charge in [0.05, 0.1) is 20.8 Å². The summed E-state index contributed by atoms with van der Waals surface area (Å²) >= 11 is 0. The summed E-state index contributed by atoms with van der Waals surface area (Å²) in [6.45, 7) is 9.33. The number of hydrogen-bond donors (Lipinski definition) is 0. The first-order valence-electron chi connectivity index (χ1n) is 8.89. The number of rotatable bonds is 8. The molecular weight excluding hydrogens is 328 g/mol. The van der Waals surface area contributed by atoms with Crippen molar-refractivity contribution in [3.8, 4) is 11.5 Å². The van der Waals surface area contributed by atoms with Crippen molar-refractivity contribution < 1.29 is 14.3 Å². The van der Waals surface area contributed by atoms with Crippen molar-refractivity contribution in [1.29, 1.82) is 0 Å². The van der Waals surface area contributed by atoms with Crippen molar-refractivity contribution in [2.75, 3.05) is 27.8 Å². The summed E-state index contributed by atoms with van der Waals surface area (Å²) in [5.74, 6) is 1.66. The Kier molecular flexibility index (Phi) is 6.48. The highest BCUT2D eigenvalue weighted by Gasteiger charge is 2.19. The molecule has 2 rings (SSSR count). The number of Topliss-reactive ketones (excluding diaryl/α,β-unsaturated/α-hetero) is 1. The zero-order chi connectivity index (χ0) is 19.4. The second-order valence-corrected chi connectivity index (χ2v) is 7.02. The fourth-order valence-electron chi connectivity index (χ4n) is 3.51. The average molecular weight is 358 g/mol. The van der Waals surface area contributed by atoms with Gasteiger partial charge >= 0.3 is 0 Å². The maximum absolute atomic E-state index is 12.8. The summed E-state index contributed by atoms with van der Waals surface area (Å²) < 4.78 is 12.9. The minimum Gasteiger partial charge on any atom is -0.497 e. The topological polar surface area (TPSA) is 43.7 Å². The molecule has 0 saturated heterocycles. The number of carbonyl (C=O) groups excluding carboxylic acids is 1. The molecule has 0 spiro atoms. The van der Waals surface area contributed by atoms with Crippen molar-refractivity contribution in [3.05, 3.63) is 46.8 Å². The Morgan fingerprint density at radius 1 is 1.15 bits per heavy atom. The molecule has 0 N–H and O–H groups in total. The van der Waals surface area contributed by atoms with Crippen LogP contribution in [0.25, 0.3) is 0 Å². The van der Waals surface area contributed by atoms with Gasteiger partial charge in [-0.3, -0.25) is 9.69 Å². The van der Waals surface area contributed by atoms with Gasteiger partial charge in [0, 0.05) is 41.2 Å². The number of ether oxygens (including phenoxy) is 2. The molecule has 0 aliphatic heterocycles. The lowest BCUT2D eigenvalue weighted by atomic mass is 10.1. The van der Waals surface area contributed by atoms with Crippen molar-refractivity contribution in [2.24, 2.45) is 0 Å². The molecule has 0 atom stereocenters. The van der Waals surface area contributed by atoms with E-state index >= 15 is 0 Å². The number of hydrogen-bond acceptors (Lipinski definition) is 4. The second-order valence-electron chi connectivity index (χ2n) is 7.02. The van der Waals surface area contributed by atoms with Crippen LogP contribution in [0.15, 0.2) is 24.3 Å². The first kappa shape index (κ1) is 20.0. The summed E-state index contributed by atoms with van der Waals surface area (Å²) in [5.41, 5.74) is 4.00. The quantitative estimate of drug-likeness (QED) is 0.669. The minimum atomic E-state index is 0.139. The van der Waals surface area contributed by atoms with Crippen LogP contribution in [0, 0.1) is 13.8 Å². The Balaban J connectivity index is 2.12. The third-order valence-corrected chi connectivity index (χ3v) is 4.65. The summed E-state index contributed by atoms with van der Waals surface area (Å²) in [5, 5.41) is 0. The van der Waals surface area contributed by atoms with Crippen LogP contribution in [0.4, 0.5) is 0 Å². The number of likely N-dealkylation sites (N-methyl/N-ethyl adjacent to an activating group) is 1. The fourth-order valence-corrected chi connectivity index (χ4v) is 3.51. The van der Waals surface area contributed by atoms with Crippen LogP contribution < -0.4 is 9.47 Å². The number of methoxy groups -OCH3 is 2. The molecule has 5 heteroatoms. The molecule has 2 aromatic rings. The van der Waals surface area contributed by atoms with E-state index in [1.165, 1.54) is 0 Å². The van der Waals surface area contributed by atoms with Crippen LogP contribution in [0.1, 0.15) is 47.2 Å². The number of ketones is 1. The molecule has 1 heterocycles.